The predicted molar refractivity (Wildman–Crippen MR) is 507 cm³/mol. The zero-order valence-corrected chi connectivity index (χ0v) is 68.5. The molecule has 2 aliphatic carbocycles. The molecule has 24 rings (SSSR count). The Labute approximate surface area is 695 Å². The summed E-state index contributed by atoms with van der Waals surface area (Å²) >= 11 is 0. The topological polar surface area (TPSA) is 13.0 Å². The Bertz CT molecular complexity index is 7610. The van der Waals surface area contributed by atoms with E-state index in [2.05, 4.69) is 452 Å². The van der Waals surface area contributed by atoms with E-state index < -0.39 is 0 Å². The van der Waals surface area contributed by atoms with Crippen LogP contribution in [0.25, 0.3) is 108 Å². The molecule has 4 heteroatoms. The Kier molecular flexibility index (Phi) is 15.4. The summed E-state index contributed by atoms with van der Waals surface area (Å²) in [5.41, 5.74) is 31.4. The molecule has 4 aliphatic rings. The molecular formula is C115H88N4. The van der Waals surface area contributed by atoms with E-state index in [0.717, 1.165) is 28.4 Å². The van der Waals surface area contributed by atoms with Crippen LogP contribution < -0.4 is 19.6 Å². The second kappa shape index (κ2) is 26.0. The lowest BCUT2D eigenvalue weighted by Gasteiger charge is -2.43. The third kappa shape index (κ3) is 10.4. The molecular weight excluding hydrogens is 1440 g/mol. The van der Waals surface area contributed by atoms with Crippen LogP contribution in [0.1, 0.15) is 105 Å². The maximum Gasteiger partial charge on any atom is 0.0540 e. The van der Waals surface area contributed by atoms with Crippen molar-refractivity contribution in [3.8, 4) is 22.3 Å². The van der Waals surface area contributed by atoms with E-state index >= 15 is 0 Å². The molecule has 0 fully saturated rings. The number of benzene rings is 20. The monoisotopic (exact) mass is 1520 g/mol. The molecule has 0 unspecified atom stereocenters. The van der Waals surface area contributed by atoms with Crippen molar-refractivity contribution in [1.82, 2.24) is 0 Å². The number of hydrogen-bond acceptors (Lipinski definition) is 4. The molecule has 2 aliphatic heterocycles. The third-order valence-corrected chi connectivity index (χ3v) is 27.6. The van der Waals surface area contributed by atoms with Gasteiger partial charge in [0.05, 0.1) is 34.1 Å². The molecule has 568 valence electrons. The predicted octanol–water partition coefficient (Wildman–Crippen LogP) is 32.1. The molecule has 0 saturated heterocycles. The van der Waals surface area contributed by atoms with Crippen LogP contribution >= 0.6 is 0 Å². The highest BCUT2D eigenvalue weighted by atomic mass is 15.2. The van der Waals surface area contributed by atoms with E-state index in [4.69, 9.17) is 0 Å². The summed E-state index contributed by atoms with van der Waals surface area (Å²) < 4.78 is 0. The summed E-state index contributed by atoms with van der Waals surface area (Å²) in [5, 5.41) is 20.2. The first kappa shape index (κ1) is 70.4. The number of aryl methyl sites for hydroxylation is 1. The Morgan fingerprint density at radius 3 is 1.24 bits per heavy atom. The smallest absolute Gasteiger partial charge is 0.0540 e. The minimum atomic E-state index is -0.196. The largest absolute Gasteiger partial charge is 0.310 e. The lowest BCUT2D eigenvalue weighted by molar-refractivity contribution is 0.627. The maximum atomic E-state index is 2.58. The molecule has 0 amide bonds. The summed E-state index contributed by atoms with van der Waals surface area (Å²) in [6.07, 6.45) is 0. The number of rotatable bonds is 8. The zero-order chi connectivity index (χ0) is 80.1. The molecule has 0 saturated carbocycles. The van der Waals surface area contributed by atoms with Gasteiger partial charge < -0.3 is 19.6 Å². The van der Waals surface area contributed by atoms with Crippen LogP contribution in [0, 0.1) is 6.92 Å². The van der Waals surface area contributed by atoms with Crippen molar-refractivity contribution >= 4 is 154 Å². The van der Waals surface area contributed by atoms with Crippen LogP contribution in [0.3, 0.4) is 0 Å². The fourth-order valence-electron chi connectivity index (χ4n) is 21.7. The van der Waals surface area contributed by atoms with Crippen molar-refractivity contribution in [3.05, 3.63) is 420 Å². The highest BCUT2D eigenvalue weighted by Crippen LogP contribution is 2.62. The van der Waals surface area contributed by atoms with Crippen LogP contribution in [0.2, 0.25) is 0 Å². The van der Waals surface area contributed by atoms with Crippen LogP contribution in [-0.2, 0) is 21.7 Å². The number of para-hydroxylation sites is 4. The molecule has 0 aromatic heterocycles. The highest BCUT2D eigenvalue weighted by molar-refractivity contribution is 6.36. The van der Waals surface area contributed by atoms with Gasteiger partial charge in [0.1, 0.15) is 0 Å². The lowest BCUT2D eigenvalue weighted by Crippen LogP contribution is -2.31. The summed E-state index contributed by atoms with van der Waals surface area (Å²) in [6.45, 7) is 21.3. The Morgan fingerprint density at radius 2 is 0.613 bits per heavy atom. The highest BCUT2D eigenvalue weighted by Gasteiger charge is 2.45. The van der Waals surface area contributed by atoms with E-state index in [1.54, 1.807) is 0 Å². The first-order chi connectivity index (χ1) is 58.0. The van der Waals surface area contributed by atoms with Crippen molar-refractivity contribution < 1.29 is 0 Å². The molecule has 0 bridgehead atoms. The Morgan fingerprint density at radius 1 is 0.202 bits per heavy atom. The van der Waals surface area contributed by atoms with Crippen molar-refractivity contribution in [2.45, 2.75) is 84.0 Å². The van der Waals surface area contributed by atoms with Gasteiger partial charge in [0.2, 0.25) is 0 Å². The van der Waals surface area contributed by atoms with Crippen LogP contribution in [-0.4, -0.2) is 0 Å². The number of hydrogen-bond donors (Lipinski definition) is 0. The molecule has 119 heavy (non-hydrogen) atoms. The Balaban J connectivity index is 0.000000140. The normalized spacial score (nSPS) is 14.7. The van der Waals surface area contributed by atoms with Crippen LogP contribution in [0.5, 0.6) is 0 Å². The number of nitrogens with zero attached hydrogens (tertiary/aromatic N) is 4. The van der Waals surface area contributed by atoms with Gasteiger partial charge in [-0.1, -0.05) is 304 Å². The van der Waals surface area contributed by atoms with Gasteiger partial charge in [-0.25, -0.2) is 0 Å². The van der Waals surface area contributed by atoms with Gasteiger partial charge in [-0.15, -0.1) is 0 Å². The summed E-state index contributed by atoms with van der Waals surface area (Å²) in [5.74, 6) is 0. The van der Waals surface area contributed by atoms with Gasteiger partial charge in [0, 0.05) is 66.6 Å². The SMILES string of the molecule is CC1(C)c2ccccc2-c2cc3c(cc21)N(c1ccc2c4cccc5c(N(c6ccccc6)c6ccc7ccccc7c6)ccc(c6cccc1c62)c54)c1ccccc1C3(C)C.Cc1cccc(N(c2ccccc2)c2ccc3c4ccc(N5c6ccccc6C(C)(C)c6cc7c(cc65)C(C)(C)c5ccccc5-7)cc4c4ccccc4c3c2)c1. The van der Waals surface area contributed by atoms with Crippen LogP contribution in [0.15, 0.2) is 370 Å². The van der Waals surface area contributed by atoms with Gasteiger partial charge in [-0.3, -0.25) is 0 Å². The van der Waals surface area contributed by atoms with Gasteiger partial charge >= 0.3 is 0 Å². The van der Waals surface area contributed by atoms with Crippen molar-refractivity contribution in [2.75, 3.05) is 19.6 Å². The van der Waals surface area contributed by atoms with Crippen molar-refractivity contribution in [2.24, 2.45) is 0 Å². The molecule has 0 N–H and O–H groups in total. The van der Waals surface area contributed by atoms with Gasteiger partial charge in [0.15, 0.2) is 0 Å². The van der Waals surface area contributed by atoms with Crippen molar-refractivity contribution in [3.63, 3.8) is 0 Å². The summed E-state index contributed by atoms with van der Waals surface area (Å²) in [4.78, 5) is 9.92. The number of fused-ring (bicyclic) bond motifs is 19. The maximum absolute atomic E-state index is 2.58. The van der Waals surface area contributed by atoms with Gasteiger partial charge in [0.25, 0.3) is 0 Å². The average molecular weight is 1530 g/mol. The standard InChI is InChI=1S/C60H44N2.C55H44N2/c1-59(2)49-25-11-10-20-41(49)48-35-52-56(36-51(48)59)62(55-27-13-12-26-50(55)60(52,3)4)54-33-31-45-42-21-14-23-46-53(32-30-44(57(42)46)43-22-15-24-47(54)58(43)45)61(39-18-6-5-7-19-39)40-29-28-37-16-8-9-17-38(37)34-40;1-35-16-15-19-37(30-35)56(36-17-7-6-8-18-36)38-26-28-42-43-29-27-39(32-46(43)41-21-10-9-20-40(41)45(42)31-38)57-52-25-14-13-24-49(52)55(4,5)51-33-47-44-22-11-12-23-48(44)54(2,3)50(47)34-53(51)57/h5-36H,1-4H3;6-34H,1-5H3. The average Bonchev–Trinajstić information content (AvgIpc) is 1.70. The molecule has 20 aromatic carbocycles. The Hall–Kier alpha value is -14.1. The molecule has 4 nitrogen and oxygen atoms in total. The fraction of sp³-hybridized carbons (Fsp3) is 0.113. The summed E-state index contributed by atoms with van der Waals surface area (Å²) in [7, 11) is 0. The molecule has 20 aromatic rings. The fourth-order valence-corrected chi connectivity index (χ4v) is 21.7. The van der Waals surface area contributed by atoms with E-state index in [9.17, 15) is 0 Å². The van der Waals surface area contributed by atoms with Crippen LogP contribution in [0.4, 0.5) is 68.2 Å². The van der Waals surface area contributed by atoms with E-state index in [0.29, 0.717) is 0 Å². The molecule has 2 heterocycles. The minimum Gasteiger partial charge on any atom is -0.310 e. The lowest BCUT2D eigenvalue weighted by atomic mass is 9.71. The molecule has 0 radical (unpaired) electrons. The minimum absolute atomic E-state index is 0.0967. The first-order valence-electron chi connectivity index (χ1n) is 42.1. The van der Waals surface area contributed by atoms with E-state index in [1.165, 1.54) is 198 Å². The quantitative estimate of drug-likeness (QED) is 0.111. The zero-order valence-electron chi connectivity index (χ0n) is 68.5. The number of anilines is 12. The van der Waals surface area contributed by atoms with E-state index in [1.807, 2.05) is 0 Å². The third-order valence-electron chi connectivity index (χ3n) is 27.6. The molecule has 0 atom stereocenters. The second-order valence-corrected chi connectivity index (χ2v) is 35.6. The first-order valence-corrected chi connectivity index (χ1v) is 42.1. The molecule has 0 spiro atoms. The van der Waals surface area contributed by atoms with Gasteiger partial charge in [-0.2, -0.15) is 0 Å². The van der Waals surface area contributed by atoms with E-state index in [-0.39, 0.29) is 21.7 Å². The second-order valence-electron chi connectivity index (χ2n) is 35.6. The summed E-state index contributed by atoms with van der Waals surface area (Å²) in [6, 6.07) is 138. The van der Waals surface area contributed by atoms with Crippen molar-refractivity contribution in [1.29, 1.82) is 0 Å². The van der Waals surface area contributed by atoms with Gasteiger partial charge in [-0.05, 0) is 276 Å².